The van der Waals surface area contributed by atoms with Gasteiger partial charge in [0.25, 0.3) is 0 Å². The average Bonchev–Trinajstić information content (AvgIpc) is 2.99. The van der Waals surface area contributed by atoms with Crippen molar-refractivity contribution < 1.29 is 9.15 Å². The van der Waals surface area contributed by atoms with Gasteiger partial charge in [-0.25, -0.2) is 0 Å². The minimum atomic E-state index is 0.0908. The number of nitrogens with one attached hydrogen (secondary N) is 1. The van der Waals surface area contributed by atoms with Gasteiger partial charge in [-0.1, -0.05) is 15.9 Å². The van der Waals surface area contributed by atoms with Gasteiger partial charge in [-0.3, -0.25) is 0 Å². The Morgan fingerprint density at radius 2 is 2.28 bits per heavy atom. The molecule has 3 nitrogen and oxygen atoms in total. The molecule has 1 aromatic carbocycles. The van der Waals surface area contributed by atoms with Gasteiger partial charge < -0.3 is 14.5 Å². The summed E-state index contributed by atoms with van der Waals surface area (Å²) < 4.78 is 12.0. The Hall–Kier alpha value is -1.26. The number of rotatable bonds is 3. The van der Waals surface area contributed by atoms with Crippen LogP contribution in [-0.4, -0.2) is 13.7 Å². The predicted molar refractivity (Wildman–Crippen MR) is 73.0 cm³/mol. The maximum atomic E-state index is 5.77. The second-order valence-electron chi connectivity index (χ2n) is 4.36. The van der Waals surface area contributed by atoms with E-state index >= 15 is 0 Å². The highest BCUT2D eigenvalue weighted by molar-refractivity contribution is 9.10. The number of benzene rings is 1. The topological polar surface area (TPSA) is 34.4 Å². The van der Waals surface area contributed by atoms with Gasteiger partial charge in [-0.15, -0.1) is 0 Å². The van der Waals surface area contributed by atoms with Gasteiger partial charge in [0.05, 0.1) is 25.2 Å². The second kappa shape index (κ2) is 4.78. The second-order valence-corrected chi connectivity index (χ2v) is 5.28. The van der Waals surface area contributed by atoms with E-state index < -0.39 is 0 Å². The maximum Gasteiger partial charge on any atom is 0.127 e. The molecule has 4 heteroatoms. The summed E-state index contributed by atoms with van der Waals surface area (Å²) in [7, 11) is 1.94. The zero-order valence-corrected chi connectivity index (χ0v) is 11.7. The SMILES string of the molecule is CNC(c1ccoc1)c1cc(Br)cc2c1OCC2. The summed E-state index contributed by atoms with van der Waals surface area (Å²) >= 11 is 3.57. The van der Waals surface area contributed by atoms with Crippen molar-refractivity contribution in [3.8, 4) is 5.75 Å². The van der Waals surface area contributed by atoms with Gasteiger partial charge in [0, 0.05) is 22.0 Å². The van der Waals surface area contributed by atoms with Gasteiger partial charge in [-0.2, -0.15) is 0 Å². The molecule has 1 aliphatic heterocycles. The molecule has 0 spiro atoms. The first-order valence-corrected chi connectivity index (χ1v) is 6.73. The Morgan fingerprint density at radius 3 is 3.00 bits per heavy atom. The molecular weight excluding hydrogens is 294 g/mol. The quantitative estimate of drug-likeness (QED) is 0.945. The minimum absolute atomic E-state index is 0.0908. The van der Waals surface area contributed by atoms with Crippen LogP contribution >= 0.6 is 15.9 Å². The summed E-state index contributed by atoms with van der Waals surface area (Å²) in [5.41, 5.74) is 3.53. The van der Waals surface area contributed by atoms with Crippen LogP contribution in [-0.2, 0) is 6.42 Å². The first-order valence-electron chi connectivity index (χ1n) is 5.94. The van der Waals surface area contributed by atoms with Crippen molar-refractivity contribution in [1.29, 1.82) is 0 Å². The van der Waals surface area contributed by atoms with Crippen LogP contribution in [0.3, 0.4) is 0 Å². The van der Waals surface area contributed by atoms with E-state index in [2.05, 4.69) is 33.4 Å². The van der Waals surface area contributed by atoms with Gasteiger partial charge in [-0.05, 0) is 30.8 Å². The Morgan fingerprint density at radius 1 is 1.39 bits per heavy atom. The van der Waals surface area contributed by atoms with E-state index in [4.69, 9.17) is 9.15 Å². The van der Waals surface area contributed by atoms with E-state index in [1.807, 2.05) is 13.1 Å². The van der Waals surface area contributed by atoms with Crippen molar-refractivity contribution in [2.75, 3.05) is 13.7 Å². The number of fused-ring (bicyclic) bond motifs is 1. The molecule has 18 heavy (non-hydrogen) atoms. The fraction of sp³-hybridized carbons (Fsp3) is 0.286. The molecule has 2 heterocycles. The van der Waals surface area contributed by atoms with Crippen LogP contribution in [0.5, 0.6) is 5.75 Å². The van der Waals surface area contributed by atoms with E-state index in [0.717, 1.165) is 34.4 Å². The smallest absolute Gasteiger partial charge is 0.127 e. The van der Waals surface area contributed by atoms with E-state index in [1.54, 1.807) is 12.5 Å². The molecule has 3 rings (SSSR count). The van der Waals surface area contributed by atoms with Crippen LogP contribution in [0.4, 0.5) is 0 Å². The molecule has 0 aliphatic carbocycles. The van der Waals surface area contributed by atoms with E-state index in [-0.39, 0.29) is 6.04 Å². The first kappa shape index (κ1) is 11.8. The number of halogens is 1. The summed E-state index contributed by atoms with van der Waals surface area (Å²) in [4.78, 5) is 0. The largest absolute Gasteiger partial charge is 0.493 e. The van der Waals surface area contributed by atoms with Crippen molar-refractivity contribution >= 4 is 15.9 Å². The Balaban J connectivity index is 2.10. The molecule has 0 bridgehead atoms. The van der Waals surface area contributed by atoms with Gasteiger partial charge in [0.1, 0.15) is 5.75 Å². The molecular formula is C14H14BrNO2. The summed E-state index contributed by atoms with van der Waals surface area (Å²) in [5.74, 6) is 1.01. The van der Waals surface area contributed by atoms with Gasteiger partial charge in [0.2, 0.25) is 0 Å². The highest BCUT2D eigenvalue weighted by atomic mass is 79.9. The third-order valence-corrected chi connectivity index (χ3v) is 3.71. The third kappa shape index (κ3) is 1.95. The van der Waals surface area contributed by atoms with Crippen molar-refractivity contribution in [3.63, 3.8) is 0 Å². The summed E-state index contributed by atoms with van der Waals surface area (Å²) in [6.07, 6.45) is 4.44. The fourth-order valence-electron chi connectivity index (χ4n) is 2.45. The van der Waals surface area contributed by atoms with E-state index in [0.29, 0.717) is 0 Å². The third-order valence-electron chi connectivity index (χ3n) is 3.25. The van der Waals surface area contributed by atoms with Crippen LogP contribution in [0.15, 0.2) is 39.6 Å². The number of ether oxygens (including phenoxy) is 1. The van der Waals surface area contributed by atoms with Crippen molar-refractivity contribution in [2.24, 2.45) is 0 Å². The molecule has 2 aromatic rings. The van der Waals surface area contributed by atoms with Crippen molar-refractivity contribution in [3.05, 3.63) is 51.9 Å². The number of hydrogen-bond acceptors (Lipinski definition) is 3. The maximum absolute atomic E-state index is 5.77. The molecule has 0 saturated heterocycles. The van der Waals surface area contributed by atoms with Gasteiger partial charge in [0.15, 0.2) is 0 Å². The van der Waals surface area contributed by atoms with Crippen LogP contribution < -0.4 is 10.1 Å². The summed E-state index contributed by atoms with van der Waals surface area (Å²) in [6.45, 7) is 0.764. The lowest BCUT2D eigenvalue weighted by Gasteiger charge is -2.18. The lowest BCUT2D eigenvalue weighted by atomic mass is 9.98. The Bertz CT molecular complexity index is 551. The molecule has 1 atom stereocenters. The summed E-state index contributed by atoms with van der Waals surface area (Å²) in [6, 6.07) is 6.31. The predicted octanol–water partition coefficient (Wildman–Crippen LogP) is 3.29. The lowest BCUT2D eigenvalue weighted by molar-refractivity contribution is 0.351. The monoisotopic (exact) mass is 307 g/mol. The minimum Gasteiger partial charge on any atom is -0.493 e. The number of furan rings is 1. The highest BCUT2D eigenvalue weighted by Crippen LogP contribution is 2.38. The average molecular weight is 308 g/mol. The lowest BCUT2D eigenvalue weighted by Crippen LogP contribution is -2.17. The van der Waals surface area contributed by atoms with Crippen LogP contribution in [0.25, 0.3) is 0 Å². The number of hydrogen-bond donors (Lipinski definition) is 1. The molecule has 0 amide bonds. The van der Waals surface area contributed by atoms with Crippen LogP contribution in [0.2, 0.25) is 0 Å². The summed E-state index contributed by atoms with van der Waals surface area (Å²) in [5, 5.41) is 3.32. The van der Waals surface area contributed by atoms with Crippen molar-refractivity contribution in [1.82, 2.24) is 5.32 Å². The molecule has 1 unspecified atom stereocenters. The Labute approximate surface area is 114 Å². The van der Waals surface area contributed by atoms with Gasteiger partial charge >= 0.3 is 0 Å². The normalized spacial score (nSPS) is 15.2. The van der Waals surface area contributed by atoms with Crippen LogP contribution in [0.1, 0.15) is 22.7 Å². The highest BCUT2D eigenvalue weighted by Gasteiger charge is 2.24. The molecule has 0 fully saturated rings. The molecule has 1 aromatic heterocycles. The van der Waals surface area contributed by atoms with Crippen molar-refractivity contribution in [2.45, 2.75) is 12.5 Å². The Kier molecular flexibility index (Phi) is 3.14. The zero-order chi connectivity index (χ0) is 12.5. The molecule has 0 saturated carbocycles. The molecule has 94 valence electrons. The molecule has 0 radical (unpaired) electrons. The first-order chi connectivity index (χ1) is 8.79. The zero-order valence-electron chi connectivity index (χ0n) is 10.1. The molecule has 1 N–H and O–H groups in total. The fourth-order valence-corrected chi connectivity index (χ4v) is 2.98. The van der Waals surface area contributed by atoms with E-state index in [9.17, 15) is 0 Å². The standard InChI is InChI=1S/C14H14BrNO2/c1-16-13(10-2-4-17-8-10)12-7-11(15)6-9-3-5-18-14(9)12/h2,4,6-8,13,16H,3,5H2,1H3. The van der Waals surface area contributed by atoms with E-state index in [1.165, 1.54) is 5.56 Å². The van der Waals surface area contributed by atoms with Crippen LogP contribution in [0, 0.1) is 0 Å². The molecule has 1 aliphatic rings.